The van der Waals surface area contributed by atoms with Crippen molar-refractivity contribution in [3.05, 3.63) is 94.5 Å². The summed E-state index contributed by atoms with van der Waals surface area (Å²) in [6.07, 6.45) is 2.68. The van der Waals surface area contributed by atoms with Crippen LogP contribution in [-0.2, 0) is 16.9 Å². The lowest BCUT2D eigenvalue weighted by Crippen LogP contribution is -2.63. The molecule has 0 bridgehead atoms. The second-order valence-electron chi connectivity index (χ2n) is 8.87. The number of para-hydroxylation sites is 1. The first-order valence-electron chi connectivity index (χ1n) is 11.3. The zero-order valence-electron chi connectivity index (χ0n) is 18.8. The zero-order chi connectivity index (χ0) is 23.2. The molecule has 2 aliphatic rings. The Morgan fingerprint density at radius 3 is 2.64 bits per heavy atom. The van der Waals surface area contributed by atoms with Crippen molar-refractivity contribution in [2.24, 2.45) is 0 Å². The van der Waals surface area contributed by atoms with Gasteiger partial charge in [0.15, 0.2) is 0 Å². The van der Waals surface area contributed by atoms with E-state index in [1.165, 1.54) is 5.56 Å². The third-order valence-corrected chi connectivity index (χ3v) is 6.81. The molecule has 5 rings (SSSR count). The van der Waals surface area contributed by atoms with Crippen LogP contribution >= 0.6 is 0 Å². The first kappa shape index (κ1) is 21.2. The van der Waals surface area contributed by atoms with Gasteiger partial charge in [-0.05, 0) is 73.6 Å². The number of hydrogen-bond acceptors (Lipinski definition) is 3. The van der Waals surface area contributed by atoms with E-state index in [1.54, 1.807) is 30.3 Å². The van der Waals surface area contributed by atoms with E-state index < -0.39 is 17.7 Å². The Balaban J connectivity index is 1.60. The number of urea groups is 1. The lowest BCUT2D eigenvalue weighted by molar-refractivity contribution is -0.141. The van der Waals surface area contributed by atoms with Crippen LogP contribution in [0.25, 0.3) is 0 Å². The predicted octanol–water partition coefficient (Wildman–Crippen LogP) is 4.69. The molecule has 1 aliphatic heterocycles. The molecular weight excluding hydrogens is 414 g/mol. The molecule has 0 unspecified atom stereocenters. The van der Waals surface area contributed by atoms with Gasteiger partial charge in [-0.3, -0.25) is 9.69 Å². The molecule has 2 atom stereocenters. The SMILES string of the molecule is Cc1ccc(N2C(=O)Nc3ccccc3[C@]2(O)C(=O)N[C@H]2CCCc3ccccc32)cc1C. The lowest BCUT2D eigenvalue weighted by atomic mass is 9.87. The summed E-state index contributed by atoms with van der Waals surface area (Å²) in [4.78, 5) is 28.3. The van der Waals surface area contributed by atoms with Gasteiger partial charge in [-0.15, -0.1) is 0 Å². The summed E-state index contributed by atoms with van der Waals surface area (Å²) in [5.41, 5.74) is 3.29. The van der Waals surface area contributed by atoms with Crippen LogP contribution in [0.2, 0.25) is 0 Å². The number of aliphatic hydroxyl groups is 1. The smallest absolute Gasteiger partial charge is 0.329 e. The molecule has 3 N–H and O–H groups in total. The molecule has 0 saturated heterocycles. The summed E-state index contributed by atoms with van der Waals surface area (Å²) in [7, 11) is 0. The van der Waals surface area contributed by atoms with Crippen LogP contribution in [0.5, 0.6) is 0 Å². The van der Waals surface area contributed by atoms with E-state index in [4.69, 9.17) is 0 Å². The normalized spacial score (nSPS) is 21.6. The van der Waals surface area contributed by atoms with Gasteiger partial charge in [0.1, 0.15) is 0 Å². The van der Waals surface area contributed by atoms with Crippen LogP contribution in [0.4, 0.5) is 16.2 Å². The van der Waals surface area contributed by atoms with E-state index in [1.807, 2.05) is 44.2 Å². The van der Waals surface area contributed by atoms with Crippen molar-refractivity contribution in [1.29, 1.82) is 0 Å². The summed E-state index contributed by atoms with van der Waals surface area (Å²) in [6.45, 7) is 3.91. The molecule has 6 nitrogen and oxygen atoms in total. The van der Waals surface area contributed by atoms with Crippen molar-refractivity contribution >= 4 is 23.3 Å². The number of fused-ring (bicyclic) bond motifs is 2. The maximum absolute atomic E-state index is 13.9. The Hall–Kier alpha value is -3.64. The molecule has 3 amide bonds. The molecule has 6 heteroatoms. The third-order valence-electron chi connectivity index (χ3n) is 6.81. The number of hydrogen-bond donors (Lipinski definition) is 3. The summed E-state index contributed by atoms with van der Waals surface area (Å²) in [5, 5.41) is 17.9. The van der Waals surface area contributed by atoms with E-state index in [0.717, 1.165) is 40.9 Å². The minimum atomic E-state index is -2.20. The molecule has 0 spiro atoms. The summed E-state index contributed by atoms with van der Waals surface area (Å²) in [6, 6.07) is 19.6. The number of anilines is 2. The van der Waals surface area contributed by atoms with E-state index in [9.17, 15) is 14.7 Å². The topological polar surface area (TPSA) is 81.7 Å². The molecule has 33 heavy (non-hydrogen) atoms. The minimum Gasteiger partial charge on any atom is -0.359 e. The molecule has 0 saturated carbocycles. The Morgan fingerprint density at radius 1 is 1.06 bits per heavy atom. The van der Waals surface area contributed by atoms with Gasteiger partial charge < -0.3 is 15.7 Å². The predicted molar refractivity (Wildman–Crippen MR) is 128 cm³/mol. The summed E-state index contributed by atoms with van der Waals surface area (Å²) >= 11 is 0. The highest BCUT2D eigenvalue weighted by Gasteiger charge is 2.52. The second-order valence-corrected chi connectivity index (χ2v) is 8.87. The first-order chi connectivity index (χ1) is 15.9. The average molecular weight is 442 g/mol. The standard InChI is InChI=1S/C27H27N3O3/c1-17-14-15-20(16-18(17)2)30-26(32)29-24-12-6-5-11-22(24)27(30,33)25(31)28-23-13-7-9-19-8-3-4-10-21(19)23/h3-6,8,10-12,14-16,23,33H,7,9,13H2,1-2H3,(H,28,31)(H,29,32)/t23-,27-/m0/s1. The largest absolute Gasteiger partial charge is 0.359 e. The van der Waals surface area contributed by atoms with Gasteiger partial charge in [-0.25, -0.2) is 4.79 Å². The zero-order valence-corrected chi connectivity index (χ0v) is 18.8. The third kappa shape index (κ3) is 3.47. The number of amides is 3. The van der Waals surface area contributed by atoms with Crippen LogP contribution in [0, 0.1) is 13.8 Å². The van der Waals surface area contributed by atoms with Gasteiger partial charge in [0.25, 0.3) is 11.6 Å². The van der Waals surface area contributed by atoms with Gasteiger partial charge in [0.2, 0.25) is 0 Å². The fourth-order valence-corrected chi connectivity index (χ4v) is 4.89. The van der Waals surface area contributed by atoms with E-state index in [2.05, 4.69) is 16.7 Å². The molecule has 168 valence electrons. The molecule has 0 aromatic heterocycles. The minimum absolute atomic E-state index is 0.231. The number of carbonyl (C=O) groups is 2. The summed E-state index contributed by atoms with van der Waals surface area (Å²) in [5.74, 6) is -0.621. The number of aryl methyl sites for hydroxylation is 3. The lowest BCUT2D eigenvalue weighted by Gasteiger charge is -2.43. The van der Waals surface area contributed by atoms with Gasteiger partial charge in [0.05, 0.1) is 11.7 Å². The van der Waals surface area contributed by atoms with Crippen molar-refractivity contribution in [3.8, 4) is 0 Å². The monoisotopic (exact) mass is 441 g/mol. The molecule has 3 aromatic carbocycles. The molecule has 1 heterocycles. The maximum Gasteiger partial charge on any atom is 0.329 e. The van der Waals surface area contributed by atoms with Gasteiger partial charge >= 0.3 is 6.03 Å². The van der Waals surface area contributed by atoms with E-state index in [0.29, 0.717) is 16.9 Å². The molecule has 3 aromatic rings. The highest BCUT2D eigenvalue weighted by Crippen LogP contribution is 2.41. The molecule has 0 radical (unpaired) electrons. The van der Waals surface area contributed by atoms with Crippen molar-refractivity contribution in [1.82, 2.24) is 5.32 Å². The van der Waals surface area contributed by atoms with E-state index in [-0.39, 0.29) is 6.04 Å². The molecular formula is C27H27N3O3. The quantitative estimate of drug-likeness (QED) is 0.551. The van der Waals surface area contributed by atoms with Crippen LogP contribution in [0.3, 0.4) is 0 Å². The fraction of sp³-hybridized carbons (Fsp3) is 0.259. The Kier molecular flexibility index (Phi) is 5.17. The second kappa shape index (κ2) is 8.05. The number of carbonyl (C=O) groups excluding carboxylic acids is 2. The number of rotatable bonds is 3. The van der Waals surface area contributed by atoms with Crippen LogP contribution in [-0.4, -0.2) is 17.0 Å². The highest BCUT2D eigenvalue weighted by atomic mass is 16.3. The number of benzene rings is 3. The van der Waals surface area contributed by atoms with Crippen LogP contribution < -0.4 is 15.5 Å². The maximum atomic E-state index is 13.9. The Labute approximate surface area is 193 Å². The van der Waals surface area contributed by atoms with Crippen molar-refractivity contribution in [2.45, 2.75) is 44.9 Å². The van der Waals surface area contributed by atoms with Gasteiger partial charge in [-0.2, -0.15) is 0 Å². The van der Waals surface area contributed by atoms with Gasteiger partial charge in [-0.1, -0.05) is 48.5 Å². The van der Waals surface area contributed by atoms with Crippen molar-refractivity contribution in [2.75, 3.05) is 10.2 Å². The van der Waals surface area contributed by atoms with Crippen molar-refractivity contribution < 1.29 is 14.7 Å². The fourth-order valence-electron chi connectivity index (χ4n) is 4.89. The molecule has 0 fully saturated rings. The average Bonchev–Trinajstić information content (AvgIpc) is 2.81. The molecule has 1 aliphatic carbocycles. The number of nitrogens with zero attached hydrogens (tertiary/aromatic N) is 1. The Morgan fingerprint density at radius 2 is 1.82 bits per heavy atom. The van der Waals surface area contributed by atoms with Crippen molar-refractivity contribution in [3.63, 3.8) is 0 Å². The first-order valence-corrected chi connectivity index (χ1v) is 11.3. The summed E-state index contributed by atoms with van der Waals surface area (Å²) < 4.78 is 0. The highest BCUT2D eigenvalue weighted by molar-refractivity contribution is 6.12. The van der Waals surface area contributed by atoms with Gasteiger partial charge in [0, 0.05) is 11.3 Å². The number of nitrogens with one attached hydrogen (secondary N) is 2. The van der Waals surface area contributed by atoms with Crippen LogP contribution in [0.15, 0.2) is 66.7 Å². The van der Waals surface area contributed by atoms with E-state index >= 15 is 0 Å². The Bertz CT molecular complexity index is 1250. The van der Waals surface area contributed by atoms with Crippen LogP contribution in [0.1, 0.15) is 46.7 Å².